The first-order valence-electron chi connectivity index (χ1n) is 5.87. The van der Waals surface area contributed by atoms with Gasteiger partial charge in [0.15, 0.2) is 6.61 Å². The van der Waals surface area contributed by atoms with Crippen LogP contribution in [-0.4, -0.2) is 43.9 Å². The van der Waals surface area contributed by atoms with Gasteiger partial charge in [0.1, 0.15) is 11.3 Å². The van der Waals surface area contributed by atoms with Crippen molar-refractivity contribution in [3.8, 4) is 5.75 Å². The van der Waals surface area contributed by atoms with Crippen molar-refractivity contribution in [3.63, 3.8) is 0 Å². The molecule has 0 radical (unpaired) electrons. The van der Waals surface area contributed by atoms with Gasteiger partial charge in [0.05, 0.1) is 6.61 Å². The van der Waals surface area contributed by atoms with E-state index in [-0.39, 0.29) is 23.8 Å². The number of halogens is 1. The van der Waals surface area contributed by atoms with Gasteiger partial charge in [-0.15, -0.1) is 0 Å². The minimum atomic E-state index is -1.11. The Morgan fingerprint density at radius 2 is 2.10 bits per heavy atom. The molecule has 1 rings (SSSR count). The molecule has 1 aromatic rings. The minimum Gasteiger partial charge on any atom is -0.483 e. The van der Waals surface area contributed by atoms with Crippen LogP contribution < -0.4 is 10.1 Å². The topological polar surface area (TPSA) is 84.9 Å². The van der Waals surface area contributed by atoms with E-state index < -0.39 is 5.97 Å². The lowest BCUT2D eigenvalue weighted by atomic mass is 10.1. The zero-order valence-electron chi connectivity index (χ0n) is 11.2. The first-order chi connectivity index (χ1) is 9.45. The van der Waals surface area contributed by atoms with E-state index in [9.17, 15) is 9.59 Å². The molecule has 0 unspecified atom stereocenters. The van der Waals surface area contributed by atoms with E-state index in [2.05, 4.69) is 21.2 Å². The van der Waals surface area contributed by atoms with Gasteiger partial charge in [0, 0.05) is 18.1 Å². The summed E-state index contributed by atoms with van der Waals surface area (Å²) in [5, 5.41) is 11.7. The standard InChI is InChI=1S/C13H16BrNO5/c1-8-5-9(14)6-10(13(17)18)12(8)20-7-11(16)15-3-4-19-2/h5-6H,3-4,7H2,1-2H3,(H,15,16)(H,17,18). The summed E-state index contributed by atoms with van der Waals surface area (Å²) in [4.78, 5) is 22.7. The third kappa shape index (κ3) is 4.82. The van der Waals surface area contributed by atoms with Crippen LogP contribution >= 0.6 is 15.9 Å². The Kier molecular flexibility index (Phi) is 6.47. The number of carboxylic acids is 1. The lowest BCUT2D eigenvalue weighted by Crippen LogP contribution is -2.31. The van der Waals surface area contributed by atoms with Crippen LogP contribution in [0, 0.1) is 6.92 Å². The lowest BCUT2D eigenvalue weighted by molar-refractivity contribution is -0.123. The zero-order valence-corrected chi connectivity index (χ0v) is 12.8. The van der Waals surface area contributed by atoms with E-state index in [0.717, 1.165) is 0 Å². The van der Waals surface area contributed by atoms with Gasteiger partial charge in [0.25, 0.3) is 5.91 Å². The molecule has 0 spiro atoms. The summed E-state index contributed by atoms with van der Waals surface area (Å²) >= 11 is 3.23. The number of carboxylic acid groups (broad SMARTS) is 1. The van der Waals surface area contributed by atoms with Crippen molar-refractivity contribution >= 4 is 27.8 Å². The number of nitrogens with one attached hydrogen (secondary N) is 1. The van der Waals surface area contributed by atoms with Crippen LogP contribution in [0.1, 0.15) is 15.9 Å². The molecule has 0 saturated heterocycles. The number of amides is 1. The molecule has 0 aliphatic carbocycles. The summed E-state index contributed by atoms with van der Waals surface area (Å²) in [6.45, 7) is 2.26. The molecule has 1 amide bonds. The highest BCUT2D eigenvalue weighted by Crippen LogP contribution is 2.28. The second-order valence-electron chi connectivity index (χ2n) is 4.04. The van der Waals surface area contributed by atoms with Crippen molar-refractivity contribution in [3.05, 3.63) is 27.7 Å². The molecule has 2 N–H and O–H groups in total. The summed E-state index contributed by atoms with van der Waals surface area (Å²) in [5.74, 6) is -1.24. The van der Waals surface area contributed by atoms with Crippen LogP contribution in [-0.2, 0) is 9.53 Å². The highest BCUT2D eigenvalue weighted by molar-refractivity contribution is 9.10. The number of aromatic carboxylic acids is 1. The fraction of sp³-hybridized carbons (Fsp3) is 0.385. The molecule has 6 nitrogen and oxygen atoms in total. The molecule has 0 aliphatic heterocycles. The Morgan fingerprint density at radius 1 is 1.40 bits per heavy atom. The maximum Gasteiger partial charge on any atom is 0.339 e. The molecule has 0 fully saturated rings. The lowest BCUT2D eigenvalue weighted by Gasteiger charge is -2.12. The van der Waals surface area contributed by atoms with E-state index in [4.69, 9.17) is 14.6 Å². The molecule has 110 valence electrons. The van der Waals surface area contributed by atoms with E-state index in [0.29, 0.717) is 23.2 Å². The first-order valence-corrected chi connectivity index (χ1v) is 6.67. The van der Waals surface area contributed by atoms with Crippen LogP contribution in [0.3, 0.4) is 0 Å². The molecule has 0 heterocycles. The smallest absolute Gasteiger partial charge is 0.339 e. The van der Waals surface area contributed by atoms with E-state index in [1.165, 1.54) is 13.2 Å². The van der Waals surface area contributed by atoms with Gasteiger partial charge in [-0.1, -0.05) is 15.9 Å². The Labute approximate surface area is 125 Å². The predicted molar refractivity (Wildman–Crippen MR) is 76.2 cm³/mol. The number of methoxy groups -OCH3 is 1. The molecule has 7 heteroatoms. The highest BCUT2D eigenvalue weighted by atomic mass is 79.9. The highest BCUT2D eigenvalue weighted by Gasteiger charge is 2.16. The van der Waals surface area contributed by atoms with E-state index in [1.54, 1.807) is 13.0 Å². The molecule has 0 saturated carbocycles. The molecular weight excluding hydrogens is 330 g/mol. The van der Waals surface area contributed by atoms with E-state index >= 15 is 0 Å². The van der Waals surface area contributed by atoms with Crippen LogP contribution in [0.15, 0.2) is 16.6 Å². The molecule has 0 atom stereocenters. The number of benzene rings is 1. The summed E-state index contributed by atoms with van der Waals surface area (Å²) in [5.41, 5.74) is 0.656. The number of hydrogen-bond donors (Lipinski definition) is 2. The van der Waals surface area contributed by atoms with Crippen LogP contribution in [0.4, 0.5) is 0 Å². The molecule has 0 aliphatic rings. The predicted octanol–water partition coefficient (Wildman–Crippen LogP) is 1.60. The number of carbonyl (C=O) groups excluding carboxylic acids is 1. The Morgan fingerprint density at radius 3 is 2.70 bits per heavy atom. The largest absolute Gasteiger partial charge is 0.483 e. The average Bonchev–Trinajstić information content (AvgIpc) is 2.37. The van der Waals surface area contributed by atoms with Crippen molar-refractivity contribution in [2.75, 3.05) is 26.9 Å². The monoisotopic (exact) mass is 345 g/mol. The second kappa shape index (κ2) is 7.86. The van der Waals surface area contributed by atoms with Crippen molar-refractivity contribution in [2.24, 2.45) is 0 Å². The number of carbonyl (C=O) groups is 2. The van der Waals surface area contributed by atoms with Gasteiger partial charge in [-0.25, -0.2) is 4.79 Å². The fourth-order valence-electron chi connectivity index (χ4n) is 1.56. The van der Waals surface area contributed by atoms with Gasteiger partial charge in [0.2, 0.25) is 0 Å². The molecule has 1 aromatic carbocycles. The number of aryl methyl sites for hydroxylation is 1. The number of hydrogen-bond acceptors (Lipinski definition) is 4. The van der Waals surface area contributed by atoms with Crippen LogP contribution in [0.25, 0.3) is 0 Å². The number of ether oxygens (including phenoxy) is 2. The first kappa shape index (κ1) is 16.5. The summed E-state index contributed by atoms with van der Waals surface area (Å²) in [6.07, 6.45) is 0. The maximum absolute atomic E-state index is 11.5. The van der Waals surface area contributed by atoms with Crippen molar-refractivity contribution in [2.45, 2.75) is 6.92 Å². The van der Waals surface area contributed by atoms with Crippen molar-refractivity contribution in [1.29, 1.82) is 0 Å². The molecular formula is C13H16BrNO5. The van der Waals surface area contributed by atoms with Gasteiger partial charge < -0.3 is 19.9 Å². The van der Waals surface area contributed by atoms with Gasteiger partial charge >= 0.3 is 5.97 Å². The van der Waals surface area contributed by atoms with Gasteiger partial charge in [-0.3, -0.25) is 4.79 Å². The average molecular weight is 346 g/mol. The van der Waals surface area contributed by atoms with Crippen molar-refractivity contribution in [1.82, 2.24) is 5.32 Å². The zero-order chi connectivity index (χ0) is 15.1. The second-order valence-corrected chi connectivity index (χ2v) is 4.95. The Bertz CT molecular complexity index is 504. The van der Waals surface area contributed by atoms with Crippen LogP contribution in [0.2, 0.25) is 0 Å². The van der Waals surface area contributed by atoms with Crippen LogP contribution in [0.5, 0.6) is 5.75 Å². The van der Waals surface area contributed by atoms with Gasteiger partial charge in [-0.05, 0) is 24.6 Å². The minimum absolute atomic E-state index is 0.0153. The van der Waals surface area contributed by atoms with E-state index in [1.807, 2.05) is 0 Å². The maximum atomic E-state index is 11.5. The molecule has 20 heavy (non-hydrogen) atoms. The summed E-state index contributed by atoms with van der Waals surface area (Å²) < 4.78 is 10.8. The quantitative estimate of drug-likeness (QED) is 0.733. The van der Waals surface area contributed by atoms with Gasteiger partial charge in [-0.2, -0.15) is 0 Å². The number of rotatable bonds is 7. The fourth-order valence-corrected chi connectivity index (χ4v) is 2.13. The third-order valence-corrected chi connectivity index (χ3v) is 2.90. The SMILES string of the molecule is COCCNC(=O)COc1c(C)cc(Br)cc1C(=O)O. The molecule has 0 bridgehead atoms. The third-order valence-electron chi connectivity index (χ3n) is 2.45. The summed E-state index contributed by atoms with van der Waals surface area (Å²) in [6, 6.07) is 3.16. The Balaban J connectivity index is 2.72. The summed E-state index contributed by atoms with van der Waals surface area (Å²) in [7, 11) is 1.53. The molecule has 0 aromatic heterocycles. The van der Waals surface area contributed by atoms with Crippen molar-refractivity contribution < 1.29 is 24.2 Å². The normalized spacial score (nSPS) is 10.2. The Hall–Kier alpha value is -1.60.